The van der Waals surface area contributed by atoms with Crippen LogP contribution in [-0.4, -0.2) is 44.1 Å². The van der Waals surface area contributed by atoms with Crippen LogP contribution in [0.25, 0.3) is 0 Å². The lowest BCUT2D eigenvalue weighted by Crippen LogP contribution is -2.25. The lowest BCUT2D eigenvalue weighted by atomic mass is 10.2. The fourth-order valence-electron chi connectivity index (χ4n) is 1.65. The normalized spacial score (nSPS) is 10.9. The van der Waals surface area contributed by atoms with Crippen molar-refractivity contribution in [2.24, 2.45) is 0 Å². The van der Waals surface area contributed by atoms with Crippen LogP contribution in [-0.2, 0) is 5.88 Å². The highest BCUT2D eigenvalue weighted by Gasteiger charge is 2.09. The molecule has 0 aromatic carbocycles. The van der Waals surface area contributed by atoms with Crippen molar-refractivity contribution in [3.05, 3.63) is 23.6 Å². The van der Waals surface area contributed by atoms with Crippen LogP contribution in [0.15, 0.2) is 12.3 Å². The summed E-state index contributed by atoms with van der Waals surface area (Å²) in [6.45, 7) is 1.89. The van der Waals surface area contributed by atoms with Crippen molar-refractivity contribution in [1.82, 2.24) is 9.88 Å². The van der Waals surface area contributed by atoms with Crippen molar-refractivity contribution in [3.63, 3.8) is 0 Å². The van der Waals surface area contributed by atoms with E-state index in [2.05, 4.69) is 9.88 Å². The van der Waals surface area contributed by atoms with Crippen molar-refractivity contribution >= 4 is 17.4 Å². The summed E-state index contributed by atoms with van der Waals surface area (Å²) in [6.07, 6.45) is 2.26. The van der Waals surface area contributed by atoms with Crippen molar-refractivity contribution < 1.29 is 4.39 Å². The van der Waals surface area contributed by atoms with Crippen LogP contribution in [0.4, 0.5) is 10.2 Å². The van der Waals surface area contributed by atoms with E-state index in [9.17, 15) is 4.39 Å². The highest BCUT2D eigenvalue weighted by Crippen LogP contribution is 2.19. The molecular weight excluding hydrogens is 241 g/mol. The van der Waals surface area contributed by atoms with Gasteiger partial charge < -0.3 is 9.80 Å². The molecule has 0 aliphatic heterocycles. The number of hydrogen-bond acceptors (Lipinski definition) is 3. The molecule has 0 spiro atoms. The lowest BCUT2D eigenvalue weighted by Gasteiger charge is -2.21. The Balaban J connectivity index is 2.64. The van der Waals surface area contributed by atoms with E-state index < -0.39 is 0 Å². The highest BCUT2D eigenvalue weighted by molar-refractivity contribution is 6.17. The molecule has 0 aliphatic carbocycles. The number of rotatable bonds is 6. The fraction of sp³-hybridized carbons (Fsp3) is 0.583. The number of aromatic nitrogens is 1. The van der Waals surface area contributed by atoms with Crippen molar-refractivity contribution in [2.75, 3.05) is 39.1 Å². The molecule has 0 fully saturated rings. The molecule has 0 bridgehead atoms. The van der Waals surface area contributed by atoms with Gasteiger partial charge in [-0.05, 0) is 33.1 Å². The summed E-state index contributed by atoms with van der Waals surface area (Å²) >= 11 is 5.79. The molecule has 0 aliphatic rings. The smallest absolute Gasteiger partial charge is 0.141 e. The first-order chi connectivity index (χ1) is 8.04. The fourth-order valence-corrected chi connectivity index (χ4v) is 1.84. The third kappa shape index (κ3) is 4.48. The molecule has 0 N–H and O–H groups in total. The predicted molar refractivity (Wildman–Crippen MR) is 70.2 cm³/mol. The number of nitrogens with zero attached hydrogens (tertiary/aromatic N) is 3. The van der Waals surface area contributed by atoms with Gasteiger partial charge in [-0.25, -0.2) is 9.37 Å². The number of pyridine rings is 1. The maximum Gasteiger partial charge on any atom is 0.141 e. The predicted octanol–water partition coefficient (Wildman–Crippen LogP) is 2.35. The highest BCUT2D eigenvalue weighted by atomic mass is 35.5. The zero-order valence-corrected chi connectivity index (χ0v) is 11.3. The second-order valence-electron chi connectivity index (χ2n) is 4.35. The molecule has 0 unspecified atom stereocenters. The van der Waals surface area contributed by atoms with Crippen LogP contribution < -0.4 is 4.90 Å². The molecule has 0 radical (unpaired) electrons. The molecule has 0 atom stereocenters. The van der Waals surface area contributed by atoms with Gasteiger partial charge in [0, 0.05) is 19.2 Å². The van der Waals surface area contributed by atoms with E-state index in [1.807, 2.05) is 26.0 Å². The van der Waals surface area contributed by atoms with Crippen molar-refractivity contribution in [3.8, 4) is 0 Å². The molecule has 1 rings (SSSR count). The standard InChI is InChI=1S/C12H19ClFN3/c1-16(2)5-4-6-17(3)12-10(8-13)7-11(14)9-15-12/h7,9H,4-6,8H2,1-3H3. The molecule has 0 saturated carbocycles. The van der Waals surface area contributed by atoms with Gasteiger partial charge in [-0.2, -0.15) is 0 Å². The largest absolute Gasteiger partial charge is 0.359 e. The number of halogens is 2. The molecule has 1 aromatic rings. The van der Waals surface area contributed by atoms with E-state index in [0.29, 0.717) is 0 Å². The Labute approximate surface area is 107 Å². The summed E-state index contributed by atoms with van der Waals surface area (Å²) in [6, 6.07) is 1.44. The first kappa shape index (κ1) is 14.2. The number of alkyl halides is 1. The summed E-state index contributed by atoms with van der Waals surface area (Å²) in [4.78, 5) is 8.25. The van der Waals surface area contributed by atoms with Crippen LogP contribution in [0, 0.1) is 5.82 Å². The Hall–Kier alpha value is -0.870. The van der Waals surface area contributed by atoms with E-state index in [4.69, 9.17) is 11.6 Å². The minimum Gasteiger partial charge on any atom is -0.359 e. The first-order valence-electron chi connectivity index (χ1n) is 5.61. The second kappa shape index (κ2) is 6.77. The Morgan fingerprint density at radius 3 is 2.59 bits per heavy atom. The Kier molecular flexibility index (Phi) is 5.65. The lowest BCUT2D eigenvalue weighted by molar-refractivity contribution is 0.401. The topological polar surface area (TPSA) is 19.4 Å². The molecule has 3 nitrogen and oxygen atoms in total. The number of anilines is 1. The van der Waals surface area contributed by atoms with Crippen LogP contribution in [0.3, 0.4) is 0 Å². The summed E-state index contributed by atoms with van der Waals surface area (Å²) in [7, 11) is 6.03. The molecule has 17 heavy (non-hydrogen) atoms. The maximum atomic E-state index is 13.0. The van der Waals surface area contributed by atoms with Gasteiger partial charge in [0.2, 0.25) is 0 Å². The third-order valence-electron chi connectivity index (χ3n) is 2.51. The molecule has 0 amide bonds. The molecule has 0 saturated heterocycles. The second-order valence-corrected chi connectivity index (χ2v) is 4.62. The zero-order valence-electron chi connectivity index (χ0n) is 10.6. The summed E-state index contributed by atoms with van der Waals surface area (Å²) in [5.41, 5.74) is 0.735. The van der Waals surface area contributed by atoms with Gasteiger partial charge >= 0.3 is 0 Å². The summed E-state index contributed by atoms with van der Waals surface area (Å²) < 4.78 is 13.0. The third-order valence-corrected chi connectivity index (χ3v) is 2.80. The minimum absolute atomic E-state index is 0.276. The van der Waals surface area contributed by atoms with E-state index in [0.717, 1.165) is 30.9 Å². The Bertz CT molecular complexity index is 358. The van der Waals surface area contributed by atoms with Gasteiger partial charge in [-0.15, -0.1) is 11.6 Å². The van der Waals surface area contributed by atoms with Crippen LogP contribution in [0.5, 0.6) is 0 Å². The van der Waals surface area contributed by atoms with E-state index in [1.165, 1.54) is 12.3 Å². The number of hydrogen-bond donors (Lipinski definition) is 0. The van der Waals surface area contributed by atoms with Gasteiger partial charge in [0.25, 0.3) is 0 Å². The summed E-state index contributed by atoms with van der Waals surface area (Å²) in [5.74, 6) is 0.698. The minimum atomic E-state index is -0.342. The molecular formula is C12H19ClFN3. The Morgan fingerprint density at radius 2 is 2.00 bits per heavy atom. The first-order valence-corrected chi connectivity index (χ1v) is 6.14. The quantitative estimate of drug-likeness (QED) is 0.731. The van der Waals surface area contributed by atoms with E-state index in [-0.39, 0.29) is 11.7 Å². The van der Waals surface area contributed by atoms with Gasteiger partial charge in [0.1, 0.15) is 11.6 Å². The van der Waals surface area contributed by atoms with Crippen molar-refractivity contribution in [2.45, 2.75) is 12.3 Å². The van der Waals surface area contributed by atoms with Crippen molar-refractivity contribution in [1.29, 1.82) is 0 Å². The molecule has 1 heterocycles. The molecule has 5 heteroatoms. The molecule has 1 aromatic heterocycles. The monoisotopic (exact) mass is 259 g/mol. The van der Waals surface area contributed by atoms with Crippen LogP contribution >= 0.6 is 11.6 Å². The van der Waals surface area contributed by atoms with E-state index >= 15 is 0 Å². The van der Waals surface area contributed by atoms with Gasteiger partial charge in [0.05, 0.1) is 12.1 Å². The van der Waals surface area contributed by atoms with Gasteiger partial charge in [0.15, 0.2) is 0 Å². The van der Waals surface area contributed by atoms with Gasteiger partial charge in [-0.1, -0.05) is 0 Å². The van der Waals surface area contributed by atoms with Gasteiger partial charge in [-0.3, -0.25) is 0 Å². The molecule has 96 valence electrons. The average Bonchev–Trinajstić information content (AvgIpc) is 2.28. The average molecular weight is 260 g/mol. The van der Waals surface area contributed by atoms with E-state index in [1.54, 1.807) is 0 Å². The Morgan fingerprint density at radius 1 is 1.29 bits per heavy atom. The zero-order chi connectivity index (χ0) is 12.8. The maximum absolute atomic E-state index is 13.0. The van der Waals surface area contributed by atoms with Crippen LogP contribution in [0.2, 0.25) is 0 Å². The summed E-state index contributed by atoms with van der Waals surface area (Å²) in [5, 5.41) is 0. The van der Waals surface area contributed by atoms with Crippen LogP contribution in [0.1, 0.15) is 12.0 Å². The SMILES string of the molecule is CN(C)CCCN(C)c1ncc(F)cc1CCl.